The van der Waals surface area contributed by atoms with E-state index in [-0.39, 0.29) is 0 Å². The molecule has 1 aliphatic carbocycles. The van der Waals surface area contributed by atoms with Crippen molar-refractivity contribution in [2.24, 2.45) is 5.92 Å². The molecule has 1 aromatic rings. The van der Waals surface area contributed by atoms with E-state index < -0.39 is 0 Å². The minimum atomic E-state index is 0.629. The molecule has 1 aliphatic rings. The zero-order valence-corrected chi connectivity index (χ0v) is 8.08. The van der Waals surface area contributed by atoms with Gasteiger partial charge in [-0.25, -0.2) is 0 Å². The van der Waals surface area contributed by atoms with Gasteiger partial charge in [0, 0.05) is 5.56 Å². The van der Waals surface area contributed by atoms with Crippen LogP contribution in [0, 0.1) is 5.92 Å². The molecule has 1 aromatic carbocycles. The van der Waals surface area contributed by atoms with Crippen LogP contribution < -0.4 is 4.74 Å². The first kappa shape index (κ1) is 8.36. The van der Waals surface area contributed by atoms with Crippen LogP contribution in [0.5, 0.6) is 5.75 Å². The fourth-order valence-electron chi connectivity index (χ4n) is 1.81. The van der Waals surface area contributed by atoms with Crippen LogP contribution in [0.1, 0.15) is 18.1 Å². The summed E-state index contributed by atoms with van der Waals surface area (Å²) < 4.78 is 5.33. The highest BCUT2D eigenvalue weighted by Crippen LogP contribution is 2.30. The third-order valence-electron chi connectivity index (χ3n) is 2.52. The van der Waals surface area contributed by atoms with Crippen molar-refractivity contribution in [3.05, 3.63) is 35.4 Å². The molecule has 1 nitrogen and oxygen atoms in total. The molecule has 0 aliphatic heterocycles. The number of hydrogen-bond acceptors (Lipinski definition) is 1. The Balaban J connectivity index is 2.49. The predicted molar refractivity (Wildman–Crippen MR) is 54.9 cm³/mol. The Hall–Kier alpha value is -1.24. The van der Waals surface area contributed by atoms with Gasteiger partial charge in [-0.1, -0.05) is 31.2 Å². The first-order chi connectivity index (χ1) is 6.31. The molecule has 0 N–H and O–H groups in total. The molecule has 0 fully saturated rings. The molecular weight excluding hydrogens is 160 g/mol. The summed E-state index contributed by atoms with van der Waals surface area (Å²) in [6.45, 7) is 2.23. The lowest BCUT2D eigenvalue weighted by molar-refractivity contribution is 0.407. The number of allylic oxidation sites excluding steroid dienone is 1. The summed E-state index contributed by atoms with van der Waals surface area (Å²) in [5, 5.41) is 0. The predicted octanol–water partition coefficient (Wildman–Crippen LogP) is 2.90. The minimum absolute atomic E-state index is 0.629. The van der Waals surface area contributed by atoms with Gasteiger partial charge >= 0.3 is 0 Å². The average Bonchev–Trinajstić information content (AvgIpc) is 2.17. The Bertz CT molecular complexity index is 339. The molecule has 0 aromatic heterocycles. The monoisotopic (exact) mass is 174 g/mol. The zero-order valence-electron chi connectivity index (χ0n) is 8.08. The van der Waals surface area contributed by atoms with Crippen LogP contribution in [0.15, 0.2) is 24.3 Å². The van der Waals surface area contributed by atoms with Crippen LogP contribution >= 0.6 is 0 Å². The highest BCUT2D eigenvalue weighted by Gasteiger charge is 2.13. The van der Waals surface area contributed by atoms with E-state index in [1.807, 2.05) is 12.1 Å². The van der Waals surface area contributed by atoms with E-state index in [1.54, 1.807) is 7.11 Å². The van der Waals surface area contributed by atoms with Gasteiger partial charge in [0.1, 0.15) is 5.75 Å². The standard InChI is InChI=1S/C12H14O/c1-9-6-7-10-4-3-5-12(13-2)11(10)8-9/h3-7,9H,8H2,1-2H3. The van der Waals surface area contributed by atoms with E-state index >= 15 is 0 Å². The van der Waals surface area contributed by atoms with E-state index in [0.29, 0.717) is 5.92 Å². The summed E-state index contributed by atoms with van der Waals surface area (Å²) in [7, 11) is 1.73. The van der Waals surface area contributed by atoms with Crippen LogP contribution in [0.2, 0.25) is 0 Å². The first-order valence-electron chi connectivity index (χ1n) is 4.65. The quantitative estimate of drug-likeness (QED) is 0.636. The molecule has 0 radical (unpaired) electrons. The van der Waals surface area contributed by atoms with Crippen molar-refractivity contribution in [1.82, 2.24) is 0 Å². The molecule has 0 bridgehead atoms. The van der Waals surface area contributed by atoms with Crippen molar-refractivity contribution in [1.29, 1.82) is 0 Å². The third-order valence-corrected chi connectivity index (χ3v) is 2.52. The van der Waals surface area contributed by atoms with Gasteiger partial charge < -0.3 is 4.74 Å². The molecule has 68 valence electrons. The van der Waals surface area contributed by atoms with E-state index in [2.05, 4.69) is 25.1 Å². The lowest BCUT2D eigenvalue weighted by Gasteiger charge is -2.18. The second-order valence-electron chi connectivity index (χ2n) is 3.57. The van der Waals surface area contributed by atoms with Crippen LogP contribution in [0.3, 0.4) is 0 Å². The molecule has 13 heavy (non-hydrogen) atoms. The number of methoxy groups -OCH3 is 1. The number of fused-ring (bicyclic) bond motifs is 1. The first-order valence-corrected chi connectivity index (χ1v) is 4.65. The van der Waals surface area contributed by atoms with Gasteiger partial charge in [0.05, 0.1) is 7.11 Å². The second kappa shape index (κ2) is 3.25. The fraction of sp³-hybridized carbons (Fsp3) is 0.333. The van der Waals surface area contributed by atoms with Gasteiger partial charge in [-0.3, -0.25) is 0 Å². The molecule has 1 heteroatoms. The van der Waals surface area contributed by atoms with Gasteiger partial charge in [-0.15, -0.1) is 0 Å². The summed E-state index contributed by atoms with van der Waals surface area (Å²) in [5.41, 5.74) is 2.65. The zero-order chi connectivity index (χ0) is 9.26. The normalized spacial score (nSPS) is 19.7. The molecule has 0 saturated heterocycles. The molecule has 0 spiro atoms. The number of hydrogen-bond donors (Lipinski definition) is 0. The van der Waals surface area contributed by atoms with Crippen LogP contribution in [-0.2, 0) is 6.42 Å². The molecule has 1 atom stereocenters. The molecule has 1 unspecified atom stereocenters. The molecule has 0 saturated carbocycles. The van der Waals surface area contributed by atoms with Crippen molar-refractivity contribution < 1.29 is 4.74 Å². The highest BCUT2D eigenvalue weighted by molar-refractivity contribution is 5.60. The Morgan fingerprint density at radius 2 is 2.23 bits per heavy atom. The summed E-state index contributed by atoms with van der Waals surface area (Å²) in [6.07, 6.45) is 5.53. The van der Waals surface area contributed by atoms with E-state index in [9.17, 15) is 0 Å². The van der Waals surface area contributed by atoms with Crippen LogP contribution in [-0.4, -0.2) is 7.11 Å². The topological polar surface area (TPSA) is 9.23 Å². The summed E-state index contributed by atoms with van der Waals surface area (Å²) >= 11 is 0. The maximum Gasteiger partial charge on any atom is 0.122 e. The number of rotatable bonds is 1. The molecular formula is C12H14O. The molecule has 2 rings (SSSR count). The highest BCUT2D eigenvalue weighted by atomic mass is 16.5. The van der Waals surface area contributed by atoms with E-state index in [1.165, 1.54) is 11.1 Å². The fourth-order valence-corrected chi connectivity index (χ4v) is 1.81. The molecule has 0 amide bonds. The van der Waals surface area contributed by atoms with Crippen molar-refractivity contribution >= 4 is 6.08 Å². The number of ether oxygens (including phenoxy) is 1. The van der Waals surface area contributed by atoms with Crippen molar-refractivity contribution in [3.63, 3.8) is 0 Å². The minimum Gasteiger partial charge on any atom is -0.496 e. The second-order valence-corrected chi connectivity index (χ2v) is 3.57. The Labute approximate surface area is 79.0 Å². The Morgan fingerprint density at radius 3 is 3.00 bits per heavy atom. The van der Waals surface area contributed by atoms with Crippen molar-refractivity contribution in [2.45, 2.75) is 13.3 Å². The smallest absolute Gasteiger partial charge is 0.122 e. The maximum atomic E-state index is 5.33. The van der Waals surface area contributed by atoms with Gasteiger partial charge in [-0.05, 0) is 24.0 Å². The average molecular weight is 174 g/mol. The summed E-state index contributed by atoms with van der Waals surface area (Å²) in [6, 6.07) is 6.21. The van der Waals surface area contributed by atoms with Gasteiger partial charge in [-0.2, -0.15) is 0 Å². The van der Waals surface area contributed by atoms with Gasteiger partial charge in [0.25, 0.3) is 0 Å². The van der Waals surface area contributed by atoms with E-state index in [4.69, 9.17) is 4.74 Å². The SMILES string of the molecule is COc1cccc2c1CC(C)C=C2. The van der Waals surface area contributed by atoms with E-state index in [0.717, 1.165) is 12.2 Å². The lowest BCUT2D eigenvalue weighted by Crippen LogP contribution is -2.05. The summed E-state index contributed by atoms with van der Waals surface area (Å²) in [4.78, 5) is 0. The van der Waals surface area contributed by atoms with Crippen molar-refractivity contribution in [2.75, 3.05) is 7.11 Å². The third kappa shape index (κ3) is 1.46. The van der Waals surface area contributed by atoms with Gasteiger partial charge in [0.15, 0.2) is 0 Å². The Morgan fingerprint density at radius 1 is 1.38 bits per heavy atom. The summed E-state index contributed by atoms with van der Waals surface area (Å²) in [5.74, 6) is 1.65. The maximum absolute atomic E-state index is 5.33. The Kier molecular flexibility index (Phi) is 2.09. The van der Waals surface area contributed by atoms with Crippen molar-refractivity contribution in [3.8, 4) is 5.75 Å². The molecule has 0 heterocycles. The lowest BCUT2D eigenvalue weighted by atomic mass is 9.90. The largest absolute Gasteiger partial charge is 0.496 e. The van der Waals surface area contributed by atoms with Crippen LogP contribution in [0.25, 0.3) is 6.08 Å². The van der Waals surface area contributed by atoms with Gasteiger partial charge in [0.2, 0.25) is 0 Å². The van der Waals surface area contributed by atoms with Crippen LogP contribution in [0.4, 0.5) is 0 Å². The number of benzene rings is 1.